The van der Waals surface area contributed by atoms with Crippen LogP contribution in [0.3, 0.4) is 0 Å². The smallest absolute Gasteiger partial charge is 0.397 e. The number of esters is 1. The Kier molecular flexibility index (Phi) is 4.36. The number of hydrogen-bond acceptors (Lipinski definition) is 3. The van der Waals surface area contributed by atoms with Crippen LogP contribution in [0, 0.1) is 0 Å². The van der Waals surface area contributed by atoms with Crippen molar-refractivity contribution in [2.75, 3.05) is 13.2 Å². The summed E-state index contributed by atoms with van der Waals surface area (Å²) in [7, 11) is 0. The second-order valence-electron chi connectivity index (χ2n) is 3.79. The van der Waals surface area contributed by atoms with Gasteiger partial charge in [0.15, 0.2) is 0 Å². The highest BCUT2D eigenvalue weighted by molar-refractivity contribution is 5.85. The van der Waals surface area contributed by atoms with Crippen molar-refractivity contribution in [2.24, 2.45) is 0 Å². The molecule has 1 amide bonds. The van der Waals surface area contributed by atoms with Gasteiger partial charge in [0.25, 0.3) is 0 Å². The van der Waals surface area contributed by atoms with Crippen molar-refractivity contribution in [3.63, 3.8) is 0 Å². The molecule has 1 rings (SSSR count). The fourth-order valence-corrected chi connectivity index (χ4v) is 1.82. The third-order valence-corrected chi connectivity index (χ3v) is 2.48. The maximum atomic E-state index is 12.1. The average Bonchev–Trinajstić information content (AvgIpc) is 2.63. The summed E-state index contributed by atoms with van der Waals surface area (Å²) in [5, 5.41) is 0. The predicted molar refractivity (Wildman–Crippen MR) is 52.0 cm³/mol. The Morgan fingerprint density at radius 2 is 2.06 bits per heavy atom. The zero-order chi connectivity index (χ0) is 13.1. The topological polar surface area (TPSA) is 46.6 Å². The van der Waals surface area contributed by atoms with Crippen molar-refractivity contribution in [1.82, 2.24) is 4.90 Å². The quantitative estimate of drug-likeness (QED) is 0.716. The van der Waals surface area contributed by atoms with E-state index >= 15 is 0 Å². The van der Waals surface area contributed by atoms with Crippen LogP contribution < -0.4 is 0 Å². The van der Waals surface area contributed by atoms with Crippen LogP contribution in [-0.2, 0) is 14.3 Å². The molecule has 0 bridgehead atoms. The molecule has 0 aromatic rings. The van der Waals surface area contributed by atoms with Gasteiger partial charge in [0.05, 0.1) is 6.61 Å². The van der Waals surface area contributed by atoms with Gasteiger partial charge in [0.1, 0.15) is 12.5 Å². The summed E-state index contributed by atoms with van der Waals surface area (Å²) in [4.78, 5) is 23.8. The van der Waals surface area contributed by atoms with E-state index < -0.39 is 30.5 Å². The van der Waals surface area contributed by atoms with E-state index in [4.69, 9.17) is 4.74 Å². The minimum atomic E-state index is -4.54. The lowest BCUT2D eigenvalue weighted by atomic mass is 10.2. The molecule has 98 valence electrons. The minimum Gasteiger partial charge on any atom is -0.464 e. The van der Waals surface area contributed by atoms with Gasteiger partial charge in [0.2, 0.25) is 5.91 Å². The lowest BCUT2D eigenvalue weighted by Crippen LogP contribution is -2.42. The monoisotopic (exact) mass is 253 g/mol. The summed E-state index contributed by atoms with van der Waals surface area (Å²) in [5.74, 6) is -1.69. The van der Waals surface area contributed by atoms with Gasteiger partial charge in [-0.15, -0.1) is 0 Å². The molecule has 0 aromatic carbocycles. The molecule has 1 aliphatic rings. The van der Waals surface area contributed by atoms with E-state index in [0.717, 1.165) is 4.90 Å². The Labute approximate surface area is 96.7 Å². The molecule has 0 spiro atoms. The third kappa shape index (κ3) is 3.90. The van der Waals surface area contributed by atoms with Crippen LogP contribution in [0.25, 0.3) is 0 Å². The van der Waals surface area contributed by atoms with Gasteiger partial charge in [-0.05, 0) is 19.8 Å². The number of halogens is 3. The van der Waals surface area contributed by atoms with Crippen molar-refractivity contribution < 1.29 is 27.5 Å². The molecule has 1 aliphatic heterocycles. The fraction of sp³-hybridized carbons (Fsp3) is 0.800. The van der Waals surface area contributed by atoms with Crippen LogP contribution in [0.15, 0.2) is 0 Å². The first kappa shape index (κ1) is 13.8. The zero-order valence-electron chi connectivity index (χ0n) is 9.42. The standard InChI is InChI=1S/C10H14F3NO3/c1-2-17-9(16)7-4-3-5-14(7)8(15)6-10(11,12)13/h7H,2-6H2,1H3. The maximum absolute atomic E-state index is 12.1. The Balaban J connectivity index is 2.63. The van der Waals surface area contributed by atoms with E-state index in [1.807, 2.05) is 0 Å². The van der Waals surface area contributed by atoms with Gasteiger partial charge in [0, 0.05) is 6.54 Å². The fourth-order valence-electron chi connectivity index (χ4n) is 1.82. The summed E-state index contributed by atoms with van der Waals surface area (Å²) in [6.07, 6.45) is -5.18. The number of nitrogens with zero attached hydrogens (tertiary/aromatic N) is 1. The number of amides is 1. The van der Waals surface area contributed by atoms with Crippen molar-refractivity contribution in [1.29, 1.82) is 0 Å². The first-order valence-electron chi connectivity index (χ1n) is 5.38. The summed E-state index contributed by atoms with van der Waals surface area (Å²) in [5.41, 5.74) is 0. The Hall–Kier alpha value is -1.27. The third-order valence-electron chi connectivity index (χ3n) is 2.48. The van der Waals surface area contributed by atoms with E-state index in [2.05, 4.69) is 0 Å². The van der Waals surface area contributed by atoms with Crippen LogP contribution in [0.1, 0.15) is 26.2 Å². The molecule has 4 nitrogen and oxygen atoms in total. The van der Waals surface area contributed by atoms with Crippen LogP contribution in [0.4, 0.5) is 13.2 Å². The number of alkyl halides is 3. The van der Waals surface area contributed by atoms with Gasteiger partial charge in [-0.2, -0.15) is 13.2 Å². The number of likely N-dealkylation sites (tertiary alicyclic amines) is 1. The Bertz CT molecular complexity index is 304. The first-order chi connectivity index (χ1) is 7.85. The number of ether oxygens (including phenoxy) is 1. The first-order valence-corrected chi connectivity index (χ1v) is 5.38. The molecule has 7 heteroatoms. The van der Waals surface area contributed by atoms with E-state index in [0.29, 0.717) is 12.8 Å². The van der Waals surface area contributed by atoms with E-state index in [1.165, 1.54) is 0 Å². The van der Waals surface area contributed by atoms with Crippen LogP contribution >= 0.6 is 0 Å². The highest BCUT2D eigenvalue weighted by atomic mass is 19.4. The van der Waals surface area contributed by atoms with Gasteiger partial charge < -0.3 is 9.64 Å². The number of carbonyl (C=O) groups excluding carboxylic acids is 2. The molecule has 0 aromatic heterocycles. The SMILES string of the molecule is CCOC(=O)C1CCCN1C(=O)CC(F)(F)F. The van der Waals surface area contributed by atoms with Crippen molar-refractivity contribution in [3.8, 4) is 0 Å². The molecule has 0 aliphatic carbocycles. The minimum absolute atomic E-state index is 0.149. The molecule has 17 heavy (non-hydrogen) atoms. The molecular formula is C10H14F3NO3. The number of hydrogen-bond donors (Lipinski definition) is 0. The van der Waals surface area contributed by atoms with Crippen LogP contribution in [0.2, 0.25) is 0 Å². The van der Waals surface area contributed by atoms with Crippen molar-refractivity contribution in [3.05, 3.63) is 0 Å². The van der Waals surface area contributed by atoms with Crippen LogP contribution in [-0.4, -0.2) is 42.1 Å². The summed E-state index contributed by atoms with van der Waals surface area (Å²) in [6, 6.07) is -0.857. The maximum Gasteiger partial charge on any atom is 0.397 e. The van der Waals surface area contributed by atoms with E-state index in [1.54, 1.807) is 6.92 Å². The van der Waals surface area contributed by atoms with Gasteiger partial charge >= 0.3 is 12.1 Å². The molecule has 1 fully saturated rings. The highest BCUT2D eigenvalue weighted by Crippen LogP contribution is 2.25. The normalized spacial score (nSPS) is 20.5. The van der Waals surface area contributed by atoms with E-state index in [9.17, 15) is 22.8 Å². The molecule has 0 N–H and O–H groups in total. The summed E-state index contributed by atoms with van der Waals surface area (Å²) >= 11 is 0. The number of rotatable bonds is 3. The van der Waals surface area contributed by atoms with E-state index in [-0.39, 0.29) is 13.2 Å². The Morgan fingerprint density at radius 1 is 1.41 bits per heavy atom. The number of carbonyl (C=O) groups is 2. The van der Waals surface area contributed by atoms with Gasteiger partial charge in [-0.25, -0.2) is 4.79 Å². The second-order valence-corrected chi connectivity index (χ2v) is 3.79. The molecule has 1 unspecified atom stereocenters. The van der Waals surface area contributed by atoms with Gasteiger partial charge in [-0.1, -0.05) is 0 Å². The van der Waals surface area contributed by atoms with Crippen LogP contribution in [0.5, 0.6) is 0 Å². The molecular weight excluding hydrogens is 239 g/mol. The van der Waals surface area contributed by atoms with Crippen molar-refractivity contribution >= 4 is 11.9 Å². The summed E-state index contributed by atoms with van der Waals surface area (Å²) in [6.45, 7) is 1.93. The molecule has 0 radical (unpaired) electrons. The Morgan fingerprint density at radius 3 is 2.59 bits per heavy atom. The predicted octanol–water partition coefficient (Wildman–Crippen LogP) is 1.49. The molecule has 1 heterocycles. The lowest BCUT2D eigenvalue weighted by Gasteiger charge is -2.23. The van der Waals surface area contributed by atoms with Gasteiger partial charge in [-0.3, -0.25) is 4.79 Å². The second kappa shape index (κ2) is 5.37. The summed E-state index contributed by atoms with van der Waals surface area (Å²) < 4.78 is 40.9. The highest BCUT2D eigenvalue weighted by Gasteiger charge is 2.40. The lowest BCUT2D eigenvalue weighted by molar-refractivity contribution is -0.167. The average molecular weight is 253 g/mol. The molecule has 1 atom stereocenters. The molecule has 1 saturated heterocycles. The molecule has 0 saturated carbocycles. The zero-order valence-corrected chi connectivity index (χ0v) is 9.42. The van der Waals surface area contributed by atoms with Crippen molar-refractivity contribution in [2.45, 2.75) is 38.4 Å². The largest absolute Gasteiger partial charge is 0.464 e.